The first-order valence-corrected chi connectivity index (χ1v) is 8.02. The number of aliphatic hydroxyl groups is 1. The predicted octanol–water partition coefficient (Wildman–Crippen LogP) is 5.65. The van der Waals surface area contributed by atoms with Crippen molar-refractivity contribution in [3.05, 3.63) is 69.1 Å². The molecule has 3 aromatic rings. The summed E-state index contributed by atoms with van der Waals surface area (Å²) in [6.45, 7) is 0.000528. The number of fused-ring (bicyclic) bond motifs is 1. The molecule has 0 atom stereocenters. The molecule has 3 aromatic carbocycles. The van der Waals surface area contributed by atoms with E-state index < -0.39 is 0 Å². The van der Waals surface area contributed by atoms with E-state index in [4.69, 9.17) is 4.74 Å². The van der Waals surface area contributed by atoms with Gasteiger partial charge in [-0.25, -0.2) is 0 Å². The highest BCUT2D eigenvalue weighted by Gasteiger charge is 2.08. The maximum Gasteiger partial charge on any atom is 0.142 e. The number of benzene rings is 3. The van der Waals surface area contributed by atoms with Crippen molar-refractivity contribution in [3.8, 4) is 11.5 Å². The monoisotopic (exact) mass is 406 g/mol. The highest BCUT2D eigenvalue weighted by molar-refractivity contribution is 9.11. The zero-order valence-corrected chi connectivity index (χ0v) is 14.2. The minimum Gasteiger partial charge on any atom is -0.456 e. The second-order valence-corrected chi connectivity index (χ2v) is 6.26. The van der Waals surface area contributed by atoms with Gasteiger partial charge in [-0.3, -0.25) is 0 Å². The van der Waals surface area contributed by atoms with Crippen molar-refractivity contribution < 1.29 is 9.84 Å². The molecular weight excluding hydrogens is 396 g/mol. The lowest BCUT2D eigenvalue weighted by molar-refractivity contribution is 0.281. The topological polar surface area (TPSA) is 29.5 Å². The van der Waals surface area contributed by atoms with Crippen molar-refractivity contribution in [2.75, 3.05) is 0 Å². The first-order chi connectivity index (χ1) is 10.2. The molecule has 0 saturated carbocycles. The van der Waals surface area contributed by atoms with Crippen LogP contribution in [0.25, 0.3) is 10.8 Å². The van der Waals surface area contributed by atoms with Gasteiger partial charge in [0.2, 0.25) is 0 Å². The fourth-order valence-corrected chi connectivity index (χ4v) is 3.20. The SMILES string of the molecule is OCc1ccc(Oc2ccc3ccccc3c2Br)cc1Br. The van der Waals surface area contributed by atoms with Gasteiger partial charge in [-0.15, -0.1) is 0 Å². The Kier molecular flexibility index (Phi) is 4.29. The van der Waals surface area contributed by atoms with Gasteiger partial charge in [0, 0.05) is 4.47 Å². The summed E-state index contributed by atoms with van der Waals surface area (Å²) in [6.07, 6.45) is 0. The van der Waals surface area contributed by atoms with Crippen molar-refractivity contribution in [3.63, 3.8) is 0 Å². The van der Waals surface area contributed by atoms with E-state index in [1.807, 2.05) is 42.5 Å². The lowest BCUT2D eigenvalue weighted by Gasteiger charge is -2.11. The van der Waals surface area contributed by atoms with Crippen molar-refractivity contribution in [1.82, 2.24) is 0 Å². The molecule has 106 valence electrons. The standard InChI is InChI=1S/C17H12Br2O2/c18-15-9-13(7-5-12(15)10-20)21-16-8-6-11-3-1-2-4-14(11)17(16)19/h1-9,20H,10H2. The molecule has 0 aliphatic heterocycles. The minimum atomic E-state index is 0.000528. The molecule has 0 fully saturated rings. The maximum absolute atomic E-state index is 9.18. The van der Waals surface area contributed by atoms with Crippen molar-refractivity contribution in [1.29, 1.82) is 0 Å². The number of rotatable bonds is 3. The van der Waals surface area contributed by atoms with Crippen molar-refractivity contribution in [2.45, 2.75) is 6.61 Å². The van der Waals surface area contributed by atoms with Crippen LogP contribution in [-0.2, 0) is 6.61 Å². The molecule has 2 nitrogen and oxygen atoms in total. The van der Waals surface area contributed by atoms with E-state index >= 15 is 0 Å². The van der Waals surface area contributed by atoms with Crippen LogP contribution in [0.5, 0.6) is 11.5 Å². The second kappa shape index (κ2) is 6.18. The Morgan fingerprint density at radius 2 is 1.76 bits per heavy atom. The van der Waals surface area contributed by atoms with Gasteiger partial charge in [-0.05, 0) is 50.5 Å². The van der Waals surface area contributed by atoms with Gasteiger partial charge in [0.25, 0.3) is 0 Å². The summed E-state index contributed by atoms with van der Waals surface area (Å²) < 4.78 is 7.71. The first-order valence-electron chi connectivity index (χ1n) is 6.43. The number of hydrogen-bond acceptors (Lipinski definition) is 2. The first kappa shape index (κ1) is 14.6. The van der Waals surface area contributed by atoms with Gasteiger partial charge in [0.15, 0.2) is 0 Å². The molecule has 0 unspecified atom stereocenters. The van der Waals surface area contributed by atoms with E-state index in [9.17, 15) is 5.11 Å². The molecular formula is C17H12Br2O2. The molecule has 3 rings (SSSR count). The quantitative estimate of drug-likeness (QED) is 0.607. The largest absolute Gasteiger partial charge is 0.456 e. The summed E-state index contributed by atoms with van der Waals surface area (Å²) in [5, 5.41) is 11.5. The van der Waals surface area contributed by atoms with E-state index in [1.165, 1.54) is 0 Å². The molecule has 0 aromatic heterocycles. The molecule has 0 heterocycles. The Labute approximate surface area is 139 Å². The van der Waals surface area contributed by atoms with Gasteiger partial charge in [-0.2, -0.15) is 0 Å². The summed E-state index contributed by atoms with van der Waals surface area (Å²) in [5.74, 6) is 1.48. The summed E-state index contributed by atoms with van der Waals surface area (Å²) in [4.78, 5) is 0. The van der Waals surface area contributed by atoms with E-state index in [-0.39, 0.29) is 6.61 Å². The molecule has 1 N–H and O–H groups in total. The van der Waals surface area contributed by atoms with Crippen LogP contribution in [0.4, 0.5) is 0 Å². The van der Waals surface area contributed by atoms with Crippen molar-refractivity contribution >= 4 is 42.6 Å². The van der Waals surface area contributed by atoms with Crippen LogP contribution < -0.4 is 4.74 Å². The van der Waals surface area contributed by atoms with Crippen LogP contribution in [0.1, 0.15) is 5.56 Å². The summed E-state index contributed by atoms with van der Waals surface area (Å²) in [7, 11) is 0. The molecule has 0 bridgehead atoms. The third-order valence-corrected chi connectivity index (χ3v) is 4.81. The summed E-state index contributed by atoms with van der Waals surface area (Å²) in [5.41, 5.74) is 0.833. The van der Waals surface area contributed by atoms with Gasteiger partial charge >= 0.3 is 0 Å². The zero-order chi connectivity index (χ0) is 14.8. The van der Waals surface area contributed by atoms with Crippen LogP contribution in [0.3, 0.4) is 0 Å². The smallest absolute Gasteiger partial charge is 0.142 e. The van der Waals surface area contributed by atoms with E-state index in [1.54, 1.807) is 0 Å². The molecule has 0 spiro atoms. The number of hydrogen-bond donors (Lipinski definition) is 1. The lowest BCUT2D eigenvalue weighted by atomic mass is 10.1. The Balaban J connectivity index is 1.98. The third-order valence-electron chi connectivity index (χ3n) is 3.25. The predicted molar refractivity (Wildman–Crippen MR) is 91.8 cm³/mol. The average Bonchev–Trinajstić information content (AvgIpc) is 2.51. The Morgan fingerprint density at radius 3 is 2.52 bits per heavy atom. The molecule has 4 heteroatoms. The Hall–Kier alpha value is -1.36. The molecule has 0 aliphatic carbocycles. The van der Waals surface area contributed by atoms with Crippen LogP contribution in [0.15, 0.2) is 63.5 Å². The van der Waals surface area contributed by atoms with Gasteiger partial charge < -0.3 is 9.84 Å². The fraction of sp³-hybridized carbons (Fsp3) is 0.0588. The van der Waals surface area contributed by atoms with Gasteiger partial charge in [0.05, 0.1) is 11.1 Å². The fourth-order valence-electron chi connectivity index (χ4n) is 2.14. The van der Waals surface area contributed by atoms with Crippen LogP contribution in [0.2, 0.25) is 0 Å². The zero-order valence-electron chi connectivity index (χ0n) is 11.0. The molecule has 0 radical (unpaired) electrons. The number of halogens is 2. The summed E-state index contributed by atoms with van der Waals surface area (Å²) in [6, 6.07) is 17.7. The molecule has 0 amide bonds. The Bertz CT molecular complexity index is 800. The number of aliphatic hydroxyl groups excluding tert-OH is 1. The Morgan fingerprint density at radius 1 is 0.952 bits per heavy atom. The van der Waals surface area contributed by atoms with E-state index in [0.29, 0.717) is 0 Å². The minimum absolute atomic E-state index is 0.000528. The highest BCUT2D eigenvalue weighted by Crippen LogP contribution is 2.36. The summed E-state index contributed by atoms with van der Waals surface area (Å²) >= 11 is 7.04. The lowest BCUT2D eigenvalue weighted by Crippen LogP contribution is -1.89. The molecule has 0 aliphatic rings. The maximum atomic E-state index is 9.18. The van der Waals surface area contributed by atoms with Gasteiger partial charge in [-0.1, -0.05) is 52.3 Å². The van der Waals surface area contributed by atoms with Crippen LogP contribution >= 0.6 is 31.9 Å². The highest BCUT2D eigenvalue weighted by atomic mass is 79.9. The molecule has 0 saturated heterocycles. The van der Waals surface area contributed by atoms with Gasteiger partial charge in [0.1, 0.15) is 11.5 Å². The van der Waals surface area contributed by atoms with Crippen LogP contribution in [-0.4, -0.2) is 5.11 Å². The van der Waals surface area contributed by atoms with E-state index in [2.05, 4.69) is 44.0 Å². The van der Waals surface area contributed by atoms with Crippen LogP contribution in [0, 0.1) is 0 Å². The third kappa shape index (κ3) is 2.98. The normalized spacial score (nSPS) is 10.8. The second-order valence-electron chi connectivity index (χ2n) is 4.61. The van der Waals surface area contributed by atoms with Crippen molar-refractivity contribution in [2.24, 2.45) is 0 Å². The molecule has 21 heavy (non-hydrogen) atoms. The average molecular weight is 408 g/mol. The number of ether oxygens (including phenoxy) is 1. The van der Waals surface area contributed by atoms with E-state index in [0.717, 1.165) is 36.8 Å².